The summed E-state index contributed by atoms with van der Waals surface area (Å²) in [6.07, 6.45) is 3.54. The van der Waals surface area contributed by atoms with E-state index in [4.69, 9.17) is 9.47 Å². The molecule has 2 aromatic carbocycles. The molecular weight excluding hydrogens is 368 g/mol. The predicted molar refractivity (Wildman–Crippen MR) is 116 cm³/mol. The molecule has 0 saturated heterocycles. The van der Waals surface area contributed by atoms with Crippen molar-refractivity contribution < 1.29 is 19.1 Å². The molecule has 0 atom stereocenters. The van der Waals surface area contributed by atoms with E-state index in [0.29, 0.717) is 41.8 Å². The van der Waals surface area contributed by atoms with Crippen LogP contribution in [0.25, 0.3) is 6.08 Å². The first kappa shape index (κ1) is 22.0. The molecule has 2 N–H and O–H groups in total. The van der Waals surface area contributed by atoms with Crippen molar-refractivity contribution in [1.82, 2.24) is 0 Å². The molecule has 0 fully saturated rings. The number of nitrogens with one attached hydrogen (secondary N) is 2. The van der Waals surface area contributed by atoms with Gasteiger partial charge < -0.3 is 20.1 Å². The summed E-state index contributed by atoms with van der Waals surface area (Å²) in [4.78, 5) is 23.7. The van der Waals surface area contributed by atoms with Crippen LogP contribution in [0, 0.1) is 5.92 Å². The van der Waals surface area contributed by atoms with Crippen LogP contribution in [-0.2, 0) is 9.59 Å². The minimum Gasteiger partial charge on any atom is -0.493 e. The molecule has 0 aromatic heterocycles. The zero-order valence-corrected chi connectivity index (χ0v) is 17.3. The lowest BCUT2D eigenvalue weighted by Crippen LogP contribution is -2.11. The number of carbonyl (C=O) groups excluding carboxylic acids is 2. The highest BCUT2D eigenvalue weighted by molar-refractivity contribution is 6.02. The fourth-order valence-electron chi connectivity index (χ4n) is 2.44. The number of anilines is 2. The Hall–Kier alpha value is -3.28. The third-order valence-electron chi connectivity index (χ3n) is 3.92. The van der Waals surface area contributed by atoms with Crippen molar-refractivity contribution in [2.75, 3.05) is 24.4 Å². The van der Waals surface area contributed by atoms with Crippen molar-refractivity contribution in [3.8, 4) is 11.5 Å². The predicted octanol–water partition coefficient (Wildman–Crippen LogP) is 4.73. The molecule has 0 heterocycles. The summed E-state index contributed by atoms with van der Waals surface area (Å²) in [6, 6.07) is 12.5. The van der Waals surface area contributed by atoms with Gasteiger partial charge in [0.25, 0.3) is 0 Å². The molecule has 0 unspecified atom stereocenters. The minimum absolute atomic E-state index is 0.0804. The van der Waals surface area contributed by atoms with E-state index in [1.54, 1.807) is 44.4 Å². The standard InChI is InChI=1S/C23H28N2O4/c1-5-22(26)24-18-7-6-8-19(14-18)25-23(27)12-10-17-9-11-20(21(13-17)28-4)29-15-16(2)3/h6-14,16H,5,15H2,1-4H3,(H,24,26)(H,25,27)/b12-10+. The monoisotopic (exact) mass is 396 g/mol. The van der Waals surface area contributed by atoms with E-state index in [9.17, 15) is 9.59 Å². The van der Waals surface area contributed by atoms with Gasteiger partial charge in [-0.25, -0.2) is 0 Å². The number of ether oxygens (including phenoxy) is 2. The Balaban J connectivity index is 2.01. The van der Waals surface area contributed by atoms with E-state index in [0.717, 1.165) is 5.56 Å². The Bertz CT molecular complexity index is 875. The van der Waals surface area contributed by atoms with Crippen molar-refractivity contribution in [2.24, 2.45) is 5.92 Å². The lowest BCUT2D eigenvalue weighted by Gasteiger charge is -2.12. The van der Waals surface area contributed by atoms with Crippen molar-refractivity contribution in [1.29, 1.82) is 0 Å². The van der Waals surface area contributed by atoms with E-state index in [1.807, 2.05) is 18.2 Å². The Labute approximate surface area is 171 Å². The molecule has 2 amide bonds. The molecule has 0 aliphatic rings. The summed E-state index contributed by atoms with van der Waals surface area (Å²) < 4.78 is 11.1. The van der Waals surface area contributed by atoms with E-state index in [2.05, 4.69) is 24.5 Å². The summed E-state index contributed by atoms with van der Waals surface area (Å²) in [6.45, 7) is 6.54. The quantitative estimate of drug-likeness (QED) is 0.601. The average Bonchev–Trinajstić information content (AvgIpc) is 2.71. The first-order valence-corrected chi connectivity index (χ1v) is 9.61. The topological polar surface area (TPSA) is 76.7 Å². The van der Waals surface area contributed by atoms with Crippen LogP contribution in [0.1, 0.15) is 32.8 Å². The number of benzene rings is 2. The van der Waals surface area contributed by atoms with Crippen LogP contribution in [0.5, 0.6) is 11.5 Å². The summed E-state index contributed by atoms with van der Waals surface area (Å²) in [5.41, 5.74) is 2.06. The second-order valence-electron chi connectivity index (χ2n) is 6.92. The maximum atomic E-state index is 12.2. The summed E-state index contributed by atoms with van der Waals surface area (Å²) in [5.74, 6) is 1.35. The van der Waals surface area contributed by atoms with Crippen LogP contribution < -0.4 is 20.1 Å². The third-order valence-corrected chi connectivity index (χ3v) is 3.92. The Morgan fingerprint density at radius 1 is 1.03 bits per heavy atom. The molecule has 0 radical (unpaired) electrons. The molecule has 0 aliphatic carbocycles. The molecule has 0 spiro atoms. The lowest BCUT2D eigenvalue weighted by atomic mass is 10.2. The second kappa shape index (κ2) is 10.9. The number of carbonyl (C=O) groups is 2. The maximum absolute atomic E-state index is 12.2. The highest BCUT2D eigenvalue weighted by atomic mass is 16.5. The van der Waals surface area contributed by atoms with Gasteiger partial charge >= 0.3 is 0 Å². The summed E-state index contributed by atoms with van der Waals surface area (Å²) in [5, 5.41) is 5.55. The number of rotatable bonds is 9. The first-order valence-electron chi connectivity index (χ1n) is 9.61. The molecule has 6 nitrogen and oxygen atoms in total. The number of hydrogen-bond acceptors (Lipinski definition) is 4. The van der Waals surface area contributed by atoms with Crippen LogP contribution in [0.4, 0.5) is 11.4 Å². The molecule has 6 heteroatoms. The van der Waals surface area contributed by atoms with Crippen LogP contribution >= 0.6 is 0 Å². The molecule has 154 valence electrons. The largest absolute Gasteiger partial charge is 0.493 e. The fraction of sp³-hybridized carbons (Fsp3) is 0.304. The van der Waals surface area contributed by atoms with Gasteiger partial charge in [0.05, 0.1) is 13.7 Å². The highest BCUT2D eigenvalue weighted by Crippen LogP contribution is 2.29. The number of hydrogen-bond donors (Lipinski definition) is 2. The van der Waals surface area contributed by atoms with Crippen molar-refractivity contribution >= 4 is 29.3 Å². The van der Waals surface area contributed by atoms with Crippen molar-refractivity contribution in [3.05, 3.63) is 54.1 Å². The van der Waals surface area contributed by atoms with E-state index in [-0.39, 0.29) is 11.8 Å². The molecule has 2 rings (SSSR count). The SMILES string of the molecule is CCC(=O)Nc1cccc(NC(=O)/C=C/c2ccc(OCC(C)C)c(OC)c2)c1. The normalized spacial score (nSPS) is 10.8. The van der Waals surface area contributed by atoms with Crippen molar-refractivity contribution in [3.63, 3.8) is 0 Å². The van der Waals surface area contributed by atoms with Crippen molar-refractivity contribution in [2.45, 2.75) is 27.2 Å². The van der Waals surface area contributed by atoms with Gasteiger partial charge in [-0.2, -0.15) is 0 Å². The van der Waals surface area contributed by atoms with Gasteiger partial charge in [-0.3, -0.25) is 9.59 Å². The van der Waals surface area contributed by atoms with Crippen LogP contribution in [0.15, 0.2) is 48.5 Å². The van der Waals surface area contributed by atoms with Gasteiger partial charge in [0.1, 0.15) is 0 Å². The van der Waals surface area contributed by atoms with E-state index < -0.39 is 0 Å². The first-order chi connectivity index (χ1) is 13.9. The van der Waals surface area contributed by atoms with Gasteiger partial charge in [-0.15, -0.1) is 0 Å². The summed E-state index contributed by atoms with van der Waals surface area (Å²) in [7, 11) is 1.59. The smallest absolute Gasteiger partial charge is 0.248 e. The van der Waals surface area contributed by atoms with E-state index in [1.165, 1.54) is 6.08 Å². The fourth-order valence-corrected chi connectivity index (χ4v) is 2.44. The Kier molecular flexibility index (Phi) is 8.27. The third kappa shape index (κ3) is 7.33. The minimum atomic E-state index is -0.275. The molecule has 0 saturated carbocycles. The number of amides is 2. The average molecular weight is 396 g/mol. The summed E-state index contributed by atoms with van der Waals surface area (Å²) >= 11 is 0. The highest BCUT2D eigenvalue weighted by Gasteiger charge is 2.07. The maximum Gasteiger partial charge on any atom is 0.248 e. The lowest BCUT2D eigenvalue weighted by molar-refractivity contribution is -0.116. The van der Waals surface area contributed by atoms with Crippen LogP contribution in [0.2, 0.25) is 0 Å². The molecular formula is C23H28N2O4. The second-order valence-corrected chi connectivity index (χ2v) is 6.92. The number of methoxy groups -OCH3 is 1. The van der Waals surface area contributed by atoms with Gasteiger partial charge in [0.2, 0.25) is 11.8 Å². The van der Waals surface area contributed by atoms with Gasteiger partial charge in [-0.1, -0.05) is 32.9 Å². The molecule has 2 aromatic rings. The Morgan fingerprint density at radius 2 is 1.76 bits per heavy atom. The molecule has 0 aliphatic heterocycles. The zero-order chi connectivity index (χ0) is 21.2. The van der Waals surface area contributed by atoms with E-state index >= 15 is 0 Å². The zero-order valence-electron chi connectivity index (χ0n) is 17.3. The molecule has 0 bridgehead atoms. The van der Waals surface area contributed by atoms with Gasteiger partial charge in [-0.05, 0) is 47.9 Å². The molecule has 29 heavy (non-hydrogen) atoms. The van der Waals surface area contributed by atoms with Crippen LogP contribution in [-0.4, -0.2) is 25.5 Å². The van der Waals surface area contributed by atoms with Crippen LogP contribution in [0.3, 0.4) is 0 Å². The van der Waals surface area contributed by atoms with Gasteiger partial charge in [0, 0.05) is 23.9 Å². The Morgan fingerprint density at radius 3 is 2.41 bits per heavy atom. The van der Waals surface area contributed by atoms with Gasteiger partial charge in [0.15, 0.2) is 11.5 Å².